The van der Waals surface area contributed by atoms with E-state index in [1.165, 1.54) is 36.6 Å². The van der Waals surface area contributed by atoms with Gasteiger partial charge in [-0.3, -0.25) is 18.9 Å². The zero-order chi connectivity index (χ0) is 26.0. The molecule has 1 atom stereocenters. The predicted octanol–water partition coefficient (Wildman–Crippen LogP) is 1.71. The number of nitrogens with zero attached hydrogens (tertiary/aromatic N) is 2. The summed E-state index contributed by atoms with van der Waals surface area (Å²) in [6.07, 6.45) is 0.341. The van der Waals surface area contributed by atoms with E-state index in [-0.39, 0.29) is 33.8 Å². The molecule has 186 valence electrons. The maximum absolute atomic E-state index is 13.4. The van der Waals surface area contributed by atoms with Crippen molar-refractivity contribution in [1.82, 2.24) is 9.13 Å². The number of hydrogen-bond acceptors (Lipinski definition) is 7. The molecular formula is C23H19N3O9S. The van der Waals surface area contributed by atoms with Gasteiger partial charge in [-0.2, -0.15) is 0 Å². The van der Waals surface area contributed by atoms with Crippen LogP contribution in [0.15, 0.2) is 85.8 Å². The van der Waals surface area contributed by atoms with Crippen LogP contribution in [0.5, 0.6) is 0 Å². The number of aromatic nitrogens is 2. The summed E-state index contributed by atoms with van der Waals surface area (Å²) in [5, 5.41) is 18.6. The molecule has 0 radical (unpaired) electrons. The smallest absolute Gasteiger partial charge is 0.332 e. The van der Waals surface area contributed by atoms with Crippen molar-refractivity contribution in [2.45, 2.75) is 23.9 Å². The summed E-state index contributed by atoms with van der Waals surface area (Å²) in [5.74, 6) is -2.91. The summed E-state index contributed by atoms with van der Waals surface area (Å²) >= 11 is 0. The lowest BCUT2D eigenvalue weighted by Gasteiger charge is -2.18. The molecule has 0 saturated heterocycles. The quantitative estimate of drug-likeness (QED) is 0.300. The molecule has 36 heavy (non-hydrogen) atoms. The average molecular weight is 513 g/mol. The van der Waals surface area contributed by atoms with E-state index in [4.69, 9.17) is 9.52 Å². The van der Waals surface area contributed by atoms with Gasteiger partial charge >= 0.3 is 17.6 Å². The van der Waals surface area contributed by atoms with E-state index in [2.05, 4.69) is 4.72 Å². The van der Waals surface area contributed by atoms with Gasteiger partial charge in [0.25, 0.3) is 15.6 Å². The zero-order valence-electron chi connectivity index (χ0n) is 18.4. The Kier molecular flexibility index (Phi) is 6.49. The number of rotatable bonds is 9. The van der Waals surface area contributed by atoms with Gasteiger partial charge in [-0.25, -0.2) is 22.6 Å². The van der Waals surface area contributed by atoms with Crippen LogP contribution in [0.2, 0.25) is 0 Å². The Morgan fingerprint density at radius 1 is 1.00 bits per heavy atom. The minimum Gasteiger partial charge on any atom is -0.481 e. The van der Waals surface area contributed by atoms with E-state index < -0.39 is 45.7 Å². The van der Waals surface area contributed by atoms with Crippen molar-refractivity contribution in [3.05, 3.63) is 93.5 Å². The molecular weight excluding hydrogens is 494 g/mol. The SMILES string of the molecule is O=C(O)CC(C(=O)O)n1c(=O)c2ccc(NS(=O)(=O)c3ccccc3)cc2n(Cc2ccco2)c1=O. The van der Waals surface area contributed by atoms with Crippen molar-refractivity contribution in [3.8, 4) is 0 Å². The highest BCUT2D eigenvalue weighted by Crippen LogP contribution is 2.21. The molecule has 0 aliphatic rings. The number of aliphatic carboxylic acids is 2. The van der Waals surface area contributed by atoms with Gasteiger partial charge in [0, 0.05) is 0 Å². The molecule has 0 aliphatic carbocycles. The molecule has 4 aromatic rings. The third kappa shape index (κ3) is 4.77. The van der Waals surface area contributed by atoms with E-state index in [0.717, 1.165) is 4.57 Å². The topological polar surface area (TPSA) is 178 Å². The normalized spacial score (nSPS) is 12.3. The van der Waals surface area contributed by atoms with Crippen LogP contribution >= 0.6 is 0 Å². The summed E-state index contributed by atoms with van der Waals surface area (Å²) in [4.78, 5) is 49.6. The van der Waals surface area contributed by atoms with Gasteiger partial charge < -0.3 is 14.6 Å². The first-order valence-electron chi connectivity index (χ1n) is 10.4. The first-order chi connectivity index (χ1) is 17.1. The van der Waals surface area contributed by atoms with E-state index in [9.17, 15) is 32.7 Å². The highest BCUT2D eigenvalue weighted by molar-refractivity contribution is 7.92. The monoisotopic (exact) mass is 513 g/mol. The van der Waals surface area contributed by atoms with Crippen LogP contribution in [-0.2, 0) is 26.2 Å². The Hall–Kier alpha value is -4.65. The summed E-state index contributed by atoms with van der Waals surface area (Å²) in [6, 6.07) is 12.4. The van der Waals surface area contributed by atoms with Gasteiger partial charge in [-0.15, -0.1) is 0 Å². The molecule has 0 saturated carbocycles. The van der Waals surface area contributed by atoms with Crippen LogP contribution in [0.4, 0.5) is 5.69 Å². The number of nitrogens with one attached hydrogen (secondary N) is 1. The average Bonchev–Trinajstić information content (AvgIpc) is 3.34. The number of carbonyl (C=O) groups is 2. The number of carboxylic acid groups (broad SMARTS) is 2. The molecule has 3 N–H and O–H groups in total. The third-order valence-corrected chi connectivity index (χ3v) is 6.74. The molecule has 0 aliphatic heterocycles. The number of anilines is 1. The fourth-order valence-corrected chi connectivity index (χ4v) is 4.77. The Bertz CT molecular complexity index is 1670. The van der Waals surface area contributed by atoms with Gasteiger partial charge in [-0.1, -0.05) is 18.2 Å². The second-order valence-corrected chi connectivity index (χ2v) is 9.41. The summed E-state index contributed by atoms with van der Waals surface area (Å²) in [6.45, 7) is -0.239. The fourth-order valence-electron chi connectivity index (χ4n) is 3.70. The highest BCUT2D eigenvalue weighted by atomic mass is 32.2. The van der Waals surface area contributed by atoms with Crippen LogP contribution in [0.1, 0.15) is 18.2 Å². The number of sulfonamides is 1. The summed E-state index contributed by atoms with van der Waals surface area (Å²) < 4.78 is 34.6. The molecule has 4 rings (SSSR count). The third-order valence-electron chi connectivity index (χ3n) is 5.34. The van der Waals surface area contributed by atoms with E-state index >= 15 is 0 Å². The van der Waals surface area contributed by atoms with Crippen LogP contribution in [0.3, 0.4) is 0 Å². The minimum atomic E-state index is -3.99. The van der Waals surface area contributed by atoms with Gasteiger partial charge in [0.15, 0.2) is 0 Å². The first kappa shape index (κ1) is 24.5. The summed E-state index contributed by atoms with van der Waals surface area (Å²) in [7, 11) is -3.99. The molecule has 12 nitrogen and oxygen atoms in total. The van der Waals surface area contributed by atoms with Crippen LogP contribution in [0.25, 0.3) is 10.9 Å². The molecule has 2 aromatic heterocycles. The van der Waals surface area contributed by atoms with Crippen molar-refractivity contribution in [1.29, 1.82) is 0 Å². The van der Waals surface area contributed by atoms with Crippen LogP contribution in [0, 0.1) is 0 Å². The van der Waals surface area contributed by atoms with Crippen LogP contribution < -0.4 is 16.0 Å². The standard InChI is InChI=1S/C23H19N3O9S/c27-20(28)12-19(22(30)31)26-21(29)17-9-8-14(24-36(33,34)16-6-2-1-3-7-16)11-18(17)25(23(26)32)13-15-5-4-10-35-15/h1-11,19,24H,12-13H2,(H,27,28)(H,30,31). The molecule has 0 spiro atoms. The Morgan fingerprint density at radius 3 is 2.33 bits per heavy atom. The van der Waals surface area contributed by atoms with Crippen molar-refractivity contribution in [3.63, 3.8) is 0 Å². The Balaban J connectivity index is 1.93. The minimum absolute atomic E-state index is 0.00791. The molecule has 2 heterocycles. The number of hydrogen-bond donors (Lipinski definition) is 3. The second-order valence-electron chi connectivity index (χ2n) is 7.73. The van der Waals surface area contributed by atoms with Crippen molar-refractivity contribution < 1.29 is 32.6 Å². The molecule has 0 amide bonds. The van der Waals surface area contributed by atoms with Crippen molar-refractivity contribution in [2.24, 2.45) is 0 Å². The highest BCUT2D eigenvalue weighted by Gasteiger charge is 2.29. The number of furan rings is 1. The maximum Gasteiger partial charge on any atom is 0.332 e. The molecule has 13 heteroatoms. The maximum atomic E-state index is 13.4. The molecule has 0 fully saturated rings. The lowest BCUT2D eigenvalue weighted by atomic mass is 10.1. The van der Waals surface area contributed by atoms with Crippen LogP contribution in [-0.4, -0.2) is 39.7 Å². The first-order valence-corrected chi connectivity index (χ1v) is 11.9. The van der Waals surface area contributed by atoms with Crippen molar-refractivity contribution in [2.75, 3.05) is 4.72 Å². The fraction of sp³-hybridized carbons (Fsp3) is 0.130. The lowest BCUT2D eigenvalue weighted by molar-refractivity contribution is -0.147. The Morgan fingerprint density at radius 2 is 1.72 bits per heavy atom. The van der Waals surface area contributed by atoms with Gasteiger partial charge in [0.05, 0.1) is 40.7 Å². The van der Waals surface area contributed by atoms with E-state index in [0.29, 0.717) is 4.57 Å². The number of carboxylic acids is 2. The predicted molar refractivity (Wildman–Crippen MR) is 126 cm³/mol. The second kappa shape index (κ2) is 9.54. The van der Waals surface area contributed by atoms with E-state index in [1.807, 2.05) is 0 Å². The summed E-state index contributed by atoms with van der Waals surface area (Å²) in [5.41, 5.74) is -2.10. The largest absolute Gasteiger partial charge is 0.481 e. The van der Waals surface area contributed by atoms with Crippen molar-refractivity contribution >= 4 is 38.6 Å². The van der Waals surface area contributed by atoms with E-state index in [1.54, 1.807) is 30.3 Å². The Labute approximate surface area is 202 Å². The molecule has 1 unspecified atom stereocenters. The zero-order valence-corrected chi connectivity index (χ0v) is 19.2. The lowest BCUT2D eigenvalue weighted by Crippen LogP contribution is -2.45. The number of benzene rings is 2. The molecule has 2 aromatic carbocycles. The van der Waals surface area contributed by atoms with Gasteiger partial charge in [-0.05, 0) is 42.5 Å². The van der Waals surface area contributed by atoms with Gasteiger partial charge in [0.1, 0.15) is 11.8 Å². The number of fused-ring (bicyclic) bond motifs is 1. The molecule has 0 bridgehead atoms. The van der Waals surface area contributed by atoms with Gasteiger partial charge in [0.2, 0.25) is 0 Å².